The van der Waals surface area contributed by atoms with E-state index < -0.39 is 27.6 Å². The lowest BCUT2D eigenvalue weighted by molar-refractivity contribution is -0.138. The summed E-state index contributed by atoms with van der Waals surface area (Å²) in [6, 6.07) is 2.49. The number of nitrogens with zero attached hydrogens (tertiary/aromatic N) is 2. The molecule has 0 fully saturated rings. The predicted molar refractivity (Wildman–Crippen MR) is 96.3 cm³/mol. The molecule has 6 nitrogen and oxygen atoms in total. The molecule has 0 aromatic heterocycles. The fourth-order valence-corrected chi connectivity index (χ4v) is 3.32. The van der Waals surface area contributed by atoms with E-state index in [1.807, 2.05) is 0 Å². The van der Waals surface area contributed by atoms with Gasteiger partial charge in [0, 0.05) is 33.2 Å². The molecule has 0 saturated heterocycles. The largest absolute Gasteiger partial charge is 0.416 e. The van der Waals surface area contributed by atoms with Crippen molar-refractivity contribution in [3.63, 3.8) is 0 Å². The maximum absolute atomic E-state index is 13.1. The highest BCUT2D eigenvalue weighted by Gasteiger charge is 2.33. The minimum absolute atomic E-state index is 0.110. The van der Waals surface area contributed by atoms with Crippen LogP contribution in [0.1, 0.15) is 24.5 Å². The zero-order valence-electron chi connectivity index (χ0n) is 15.4. The van der Waals surface area contributed by atoms with Crippen molar-refractivity contribution in [2.45, 2.75) is 26.1 Å². The van der Waals surface area contributed by atoms with Crippen LogP contribution < -0.4 is 10.6 Å². The van der Waals surface area contributed by atoms with Crippen molar-refractivity contribution in [3.8, 4) is 0 Å². The van der Waals surface area contributed by atoms with E-state index in [1.54, 1.807) is 6.92 Å². The third-order valence-electron chi connectivity index (χ3n) is 3.75. The average molecular weight is 412 g/mol. The smallest absolute Gasteiger partial charge is 0.356 e. The fraction of sp³-hybridized carbons (Fsp3) is 0.562. The molecular formula is C16H24F4N4O2S. The van der Waals surface area contributed by atoms with E-state index in [9.17, 15) is 26.0 Å². The minimum Gasteiger partial charge on any atom is -0.356 e. The predicted octanol–water partition coefficient (Wildman–Crippen LogP) is 2.18. The van der Waals surface area contributed by atoms with E-state index in [0.717, 1.165) is 18.4 Å². The molecule has 0 radical (unpaired) electrons. The monoisotopic (exact) mass is 412 g/mol. The lowest BCUT2D eigenvalue weighted by Crippen LogP contribution is -2.39. The first-order valence-electron chi connectivity index (χ1n) is 8.24. The fourth-order valence-electron chi connectivity index (χ4n) is 2.39. The molecule has 0 unspecified atom stereocenters. The van der Waals surface area contributed by atoms with Gasteiger partial charge in [0.05, 0.1) is 11.8 Å². The number of aliphatic imine (C=N–C) groups is 1. The van der Waals surface area contributed by atoms with Crippen LogP contribution in [0.3, 0.4) is 0 Å². The molecule has 2 N–H and O–H groups in total. The van der Waals surface area contributed by atoms with Crippen molar-refractivity contribution in [3.05, 3.63) is 35.1 Å². The number of rotatable bonds is 8. The van der Waals surface area contributed by atoms with Crippen molar-refractivity contribution in [2.24, 2.45) is 4.99 Å². The second-order valence-electron chi connectivity index (χ2n) is 5.76. The molecule has 1 aromatic rings. The standard InChI is InChI=1S/C16H24F4N4O2S/c1-4-24(27(3,25)26)9-5-8-22-15(21-2)23-11-12-6-7-13(17)10-14(12)16(18,19)20/h6-7,10H,4-5,8-9,11H2,1-3H3,(H2,21,22,23). The Morgan fingerprint density at radius 2 is 1.93 bits per heavy atom. The lowest BCUT2D eigenvalue weighted by Gasteiger charge is -2.19. The van der Waals surface area contributed by atoms with Crippen LogP contribution in [0, 0.1) is 5.82 Å². The van der Waals surface area contributed by atoms with E-state index in [-0.39, 0.29) is 18.1 Å². The molecule has 0 aliphatic carbocycles. The molecule has 27 heavy (non-hydrogen) atoms. The second-order valence-corrected chi connectivity index (χ2v) is 7.74. The molecular weight excluding hydrogens is 388 g/mol. The summed E-state index contributed by atoms with van der Waals surface area (Å²) < 4.78 is 76.4. The molecule has 0 saturated carbocycles. The van der Waals surface area contributed by atoms with Gasteiger partial charge in [-0.3, -0.25) is 4.99 Å². The third kappa shape index (κ3) is 7.71. The van der Waals surface area contributed by atoms with Crippen molar-refractivity contribution >= 4 is 16.0 Å². The van der Waals surface area contributed by atoms with Crippen LogP contribution in [0.4, 0.5) is 17.6 Å². The van der Waals surface area contributed by atoms with Gasteiger partial charge in [-0.15, -0.1) is 0 Å². The Morgan fingerprint density at radius 1 is 1.26 bits per heavy atom. The summed E-state index contributed by atoms with van der Waals surface area (Å²) in [5.41, 5.74) is -1.15. The van der Waals surface area contributed by atoms with Crippen molar-refractivity contribution in [2.75, 3.05) is 32.9 Å². The number of guanidine groups is 1. The quantitative estimate of drug-likeness (QED) is 0.297. The number of alkyl halides is 3. The Balaban J connectivity index is 2.59. The number of sulfonamides is 1. The van der Waals surface area contributed by atoms with Crippen LogP contribution in [0.2, 0.25) is 0 Å². The van der Waals surface area contributed by atoms with E-state index >= 15 is 0 Å². The normalized spacial score (nSPS) is 13.1. The van der Waals surface area contributed by atoms with E-state index in [4.69, 9.17) is 0 Å². The van der Waals surface area contributed by atoms with Gasteiger partial charge in [-0.1, -0.05) is 13.0 Å². The highest BCUT2D eigenvalue weighted by Crippen LogP contribution is 2.32. The van der Waals surface area contributed by atoms with Gasteiger partial charge in [0.25, 0.3) is 0 Å². The van der Waals surface area contributed by atoms with Crippen molar-refractivity contribution < 1.29 is 26.0 Å². The minimum atomic E-state index is -4.66. The lowest BCUT2D eigenvalue weighted by atomic mass is 10.1. The van der Waals surface area contributed by atoms with Crippen molar-refractivity contribution in [1.29, 1.82) is 0 Å². The highest BCUT2D eigenvalue weighted by molar-refractivity contribution is 7.88. The van der Waals surface area contributed by atoms with Gasteiger partial charge in [-0.05, 0) is 24.1 Å². The van der Waals surface area contributed by atoms with E-state index in [1.165, 1.54) is 11.4 Å². The topological polar surface area (TPSA) is 73.8 Å². The summed E-state index contributed by atoms with van der Waals surface area (Å²) in [4.78, 5) is 3.91. The molecule has 0 aliphatic rings. The van der Waals surface area contributed by atoms with Crippen LogP contribution in [0.25, 0.3) is 0 Å². The van der Waals surface area contributed by atoms with Crippen LogP contribution >= 0.6 is 0 Å². The van der Waals surface area contributed by atoms with E-state index in [2.05, 4.69) is 15.6 Å². The first-order valence-corrected chi connectivity index (χ1v) is 10.1. The Morgan fingerprint density at radius 3 is 2.44 bits per heavy atom. The molecule has 0 amide bonds. The van der Waals surface area contributed by atoms with Gasteiger partial charge < -0.3 is 10.6 Å². The molecule has 154 valence electrons. The number of benzene rings is 1. The molecule has 0 aliphatic heterocycles. The Hall–Kier alpha value is -1.88. The summed E-state index contributed by atoms with van der Waals surface area (Å²) in [5, 5.41) is 5.64. The van der Waals surface area contributed by atoms with Crippen LogP contribution in [-0.2, 0) is 22.7 Å². The van der Waals surface area contributed by atoms with Crippen molar-refractivity contribution in [1.82, 2.24) is 14.9 Å². The summed E-state index contributed by atoms with van der Waals surface area (Å²) in [5.74, 6) is -0.699. The van der Waals surface area contributed by atoms with Crippen LogP contribution in [0.5, 0.6) is 0 Å². The number of hydrogen-bond donors (Lipinski definition) is 2. The maximum Gasteiger partial charge on any atom is 0.416 e. The first kappa shape index (κ1) is 23.2. The highest BCUT2D eigenvalue weighted by atomic mass is 32.2. The first-order chi connectivity index (χ1) is 12.5. The molecule has 11 heteroatoms. The number of nitrogens with one attached hydrogen (secondary N) is 2. The third-order valence-corrected chi connectivity index (χ3v) is 5.12. The summed E-state index contributed by atoms with van der Waals surface area (Å²) >= 11 is 0. The van der Waals surface area contributed by atoms with Crippen LogP contribution in [0.15, 0.2) is 23.2 Å². The zero-order valence-corrected chi connectivity index (χ0v) is 16.2. The second kappa shape index (κ2) is 9.88. The Kier molecular flexibility index (Phi) is 8.48. The molecule has 0 spiro atoms. The van der Waals surface area contributed by atoms with Gasteiger partial charge in [0.15, 0.2) is 5.96 Å². The Labute approximate surface area is 156 Å². The van der Waals surface area contributed by atoms with Gasteiger partial charge in [-0.25, -0.2) is 17.1 Å². The summed E-state index contributed by atoms with van der Waals surface area (Å²) in [6.07, 6.45) is -3.04. The van der Waals surface area contributed by atoms with Gasteiger partial charge >= 0.3 is 6.18 Å². The van der Waals surface area contributed by atoms with Gasteiger partial charge in [0.1, 0.15) is 5.82 Å². The average Bonchev–Trinajstić information content (AvgIpc) is 2.56. The molecule has 0 heterocycles. The maximum atomic E-state index is 13.1. The van der Waals surface area contributed by atoms with Crippen LogP contribution in [-0.4, -0.2) is 51.6 Å². The molecule has 0 bridgehead atoms. The summed E-state index contributed by atoms with van der Waals surface area (Å²) in [7, 11) is -1.81. The molecule has 0 atom stereocenters. The van der Waals surface area contributed by atoms with Gasteiger partial charge in [0.2, 0.25) is 10.0 Å². The van der Waals surface area contributed by atoms with Gasteiger partial charge in [-0.2, -0.15) is 13.2 Å². The SMILES string of the molecule is CCN(CCCNC(=NC)NCc1ccc(F)cc1C(F)(F)F)S(C)(=O)=O. The molecule has 1 aromatic carbocycles. The Bertz CT molecular complexity index is 751. The van der Waals surface area contributed by atoms with E-state index in [0.29, 0.717) is 32.1 Å². The molecule has 1 rings (SSSR count). The zero-order chi connectivity index (χ0) is 20.7. The number of hydrogen-bond acceptors (Lipinski definition) is 3. The summed E-state index contributed by atoms with van der Waals surface area (Å²) in [6.45, 7) is 2.59. The number of halogens is 4.